The molecule has 0 fully saturated rings. The summed E-state index contributed by atoms with van der Waals surface area (Å²) in [5.74, 6) is -2.84. The van der Waals surface area contributed by atoms with Gasteiger partial charge in [-0.15, -0.1) is 0 Å². The molecule has 102 valence electrons. The molecule has 18 heavy (non-hydrogen) atoms. The third-order valence-corrected chi connectivity index (χ3v) is 3.61. The van der Waals surface area contributed by atoms with Gasteiger partial charge >= 0.3 is 30.8 Å². The van der Waals surface area contributed by atoms with Crippen molar-refractivity contribution in [2.45, 2.75) is 59.3 Å². The number of carboxylic acids is 2. The Morgan fingerprint density at radius 2 is 1.50 bits per heavy atom. The number of aliphatic carboxylic acids is 2. The first-order valence-corrected chi connectivity index (χ1v) is 6.34. The maximum absolute atomic E-state index is 11.1. The molecule has 0 radical (unpaired) electrons. The molecule has 0 aromatic heterocycles. The molecule has 2 N–H and O–H groups in total. The molecular formula is C13H25LiO4. The van der Waals surface area contributed by atoms with Crippen LogP contribution in [0.3, 0.4) is 0 Å². The van der Waals surface area contributed by atoms with E-state index in [1.807, 2.05) is 0 Å². The molecule has 0 aromatic carbocycles. The molecule has 5 heteroatoms. The van der Waals surface area contributed by atoms with Gasteiger partial charge in [0.15, 0.2) is 5.41 Å². The molecule has 0 saturated carbocycles. The summed E-state index contributed by atoms with van der Waals surface area (Å²) in [5.41, 5.74) is -1.66. The molecule has 1 atom stereocenters. The first kappa shape index (κ1) is 19.9. The first-order valence-electron chi connectivity index (χ1n) is 6.34. The van der Waals surface area contributed by atoms with Gasteiger partial charge < -0.3 is 10.2 Å². The molecule has 0 heterocycles. The van der Waals surface area contributed by atoms with Crippen molar-refractivity contribution >= 4 is 30.8 Å². The monoisotopic (exact) mass is 252 g/mol. The summed E-state index contributed by atoms with van der Waals surface area (Å²) in [6.07, 6.45) is 6.09. The van der Waals surface area contributed by atoms with Gasteiger partial charge in [0.1, 0.15) is 0 Å². The number of hydrogen-bond acceptors (Lipinski definition) is 2. The Labute approximate surface area is 121 Å². The van der Waals surface area contributed by atoms with E-state index in [0.717, 1.165) is 25.7 Å². The van der Waals surface area contributed by atoms with E-state index >= 15 is 0 Å². The molecule has 0 rings (SSSR count). The maximum atomic E-state index is 11.1. The van der Waals surface area contributed by atoms with E-state index in [1.165, 1.54) is 13.3 Å². The zero-order chi connectivity index (χ0) is 13.5. The minimum atomic E-state index is -1.66. The summed E-state index contributed by atoms with van der Waals surface area (Å²) >= 11 is 0. The molecule has 0 aliphatic rings. The van der Waals surface area contributed by atoms with E-state index in [2.05, 4.69) is 6.92 Å². The van der Waals surface area contributed by atoms with Crippen molar-refractivity contribution in [2.24, 2.45) is 11.3 Å². The van der Waals surface area contributed by atoms with Crippen molar-refractivity contribution in [3.63, 3.8) is 0 Å². The van der Waals surface area contributed by atoms with Gasteiger partial charge in [-0.05, 0) is 19.3 Å². The second kappa shape index (κ2) is 9.47. The van der Waals surface area contributed by atoms with Crippen LogP contribution in [0.2, 0.25) is 0 Å². The van der Waals surface area contributed by atoms with Crippen molar-refractivity contribution in [2.75, 3.05) is 0 Å². The van der Waals surface area contributed by atoms with Gasteiger partial charge in [0.2, 0.25) is 0 Å². The van der Waals surface area contributed by atoms with Gasteiger partial charge in [-0.1, -0.05) is 46.0 Å². The van der Waals surface area contributed by atoms with Crippen LogP contribution < -0.4 is 0 Å². The molecule has 0 bridgehead atoms. The predicted molar refractivity (Wildman–Crippen MR) is 73.1 cm³/mol. The number of rotatable bonds is 9. The quantitative estimate of drug-likeness (QED) is 0.375. The van der Waals surface area contributed by atoms with Crippen LogP contribution in [0.15, 0.2) is 0 Å². The zero-order valence-corrected chi connectivity index (χ0v) is 11.0. The SMILES string of the molecule is CCCCCCCC(C)C(C)(C(=O)O)C(=O)O.[LiH]. The van der Waals surface area contributed by atoms with Crippen molar-refractivity contribution in [1.29, 1.82) is 0 Å². The van der Waals surface area contributed by atoms with E-state index in [1.54, 1.807) is 6.92 Å². The fraction of sp³-hybridized carbons (Fsp3) is 0.846. The number of carboxylic acid groups (broad SMARTS) is 2. The van der Waals surface area contributed by atoms with Crippen LogP contribution in [0.25, 0.3) is 0 Å². The first-order chi connectivity index (χ1) is 7.87. The third-order valence-electron chi connectivity index (χ3n) is 3.61. The molecule has 1 unspecified atom stereocenters. The summed E-state index contributed by atoms with van der Waals surface area (Å²) in [7, 11) is 0. The average molecular weight is 252 g/mol. The molecule has 0 aromatic rings. The number of unbranched alkanes of at least 4 members (excludes halogenated alkanes) is 4. The van der Waals surface area contributed by atoms with Gasteiger partial charge in [-0.25, -0.2) is 0 Å². The van der Waals surface area contributed by atoms with Crippen molar-refractivity contribution in [3.8, 4) is 0 Å². The topological polar surface area (TPSA) is 74.6 Å². The molecule has 0 amide bonds. The average Bonchev–Trinajstić information content (AvgIpc) is 2.26. The van der Waals surface area contributed by atoms with E-state index < -0.39 is 17.4 Å². The third kappa shape index (κ3) is 5.45. The van der Waals surface area contributed by atoms with Gasteiger partial charge in [-0.2, -0.15) is 0 Å². The molecule has 0 aliphatic carbocycles. The summed E-state index contributed by atoms with van der Waals surface area (Å²) in [5, 5.41) is 18.1. The second-order valence-electron chi connectivity index (χ2n) is 4.92. The van der Waals surface area contributed by atoms with Gasteiger partial charge in [0.05, 0.1) is 0 Å². The second-order valence-corrected chi connectivity index (χ2v) is 4.92. The fourth-order valence-corrected chi connectivity index (χ4v) is 1.86. The Balaban J connectivity index is 0. The standard InChI is InChI=1S/C13H24O4.Li.H/c1-4-5-6-7-8-9-10(2)13(3,11(14)15)12(16)17;;/h10H,4-9H2,1-3H3,(H,14,15)(H,16,17);;. The van der Waals surface area contributed by atoms with Crippen molar-refractivity contribution < 1.29 is 19.8 Å². The number of hydrogen-bond donors (Lipinski definition) is 2. The Bertz CT molecular complexity index is 252. The summed E-state index contributed by atoms with van der Waals surface area (Å²) < 4.78 is 0. The van der Waals surface area contributed by atoms with Gasteiger partial charge in [0.25, 0.3) is 0 Å². The molecular weight excluding hydrogens is 227 g/mol. The molecule has 0 spiro atoms. The van der Waals surface area contributed by atoms with Gasteiger partial charge in [0, 0.05) is 0 Å². The summed E-state index contributed by atoms with van der Waals surface area (Å²) in [6, 6.07) is 0. The zero-order valence-electron chi connectivity index (χ0n) is 11.0. The normalized spacial score (nSPS) is 12.6. The minimum absolute atomic E-state index is 0. The van der Waals surface area contributed by atoms with E-state index in [0.29, 0.717) is 6.42 Å². The van der Waals surface area contributed by atoms with E-state index in [9.17, 15) is 9.59 Å². The van der Waals surface area contributed by atoms with Crippen LogP contribution in [0.5, 0.6) is 0 Å². The Morgan fingerprint density at radius 1 is 1.06 bits per heavy atom. The van der Waals surface area contributed by atoms with Crippen LogP contribution in [0.4, 0.5) is 0 Å². The predicted octanol–water partition coefficient (Wildman–Crippen LogP) is 2.51. The van der Waals surface area contributed by atoms with Crippen LogP contribution >= 0.6 is 0 Å². The van der Waals surface area contributed by atoms with Crippen LogP contribution in [-0.4, -0.2) is 41.0 Å². The Hall–Kier alpha value is -0.463. The summed E-state index contributed by atoms with van der Waals surface area (Å²) in [6.45, 7) is 5.14. The molecule has 4 nitrogen and oxygen atoms in total. The van der Waals surface area contributed by atoms with E-state index in [4.69, 9.17) is 10.2 Å². The number of carbonyl (C=O) groups is 2. The summed E-state index contributed by atoms with van der Waals surface area (Å²) in [4.78, 5) is 22.1. The van der Waals surface area contributed by atoms with Crippen molar-refractivity contribution in [1.82, 2.24) is 0 Å². The molecule has 0 aliphatic heterocycles. The van der Waals surface area contributed by atoms with Crippen molar-refractivity contribution in [3.05, 3.63) is 0 Å². The Kier molecular flexibility index (Phi) is 10.4. The van der Waals surface area contributed by atoms with Gasteiger partial charge in [-0.3, -0.25) is 9.59 Å². The fourth-order valence-electron chi connectivity index (χ4n) is 1.86. The van der Waals surface area contributed by atoms with Crippen LogP contribution in [0, 0.1) is 11.3 Å². The van der Waals surface area contributed by atoms with Crippen LogP contribution in [0.1, 0.15) is 59.3 Å². The van der Waals surface area contributed by atoms with E-state index in [-0.39, 0.29) is 24.8 Å². The molecule has 0 saturated heterocycles. The van der Waals surface area contributed by atoms with Crippen LogP contribution in [-0.2, 0) is 9.59 Å². The Morgan fingerprint density at radius 3 is 1.89 bits per heavy atom.